The van der Waals surface area contributed by atoms with Crippen LogP contribution < -0.4 is 0 Å². The van der Waals surface area contributed by atoms with E-state index in [1.807, 2.05) is 0 Å². The molecule has 116 valence electrons. The first kappa shape index (κ1) is 14.5. The summed E-state index contributed by atoms with van der Waals surface area (Å²) in [5.74, 6) is 2.31. The highest BCUT2D eigenvalue weighted by molar-refractivity contribution is 6.42. The number of nitrogens with zero attached hydrogens (tertiary/aromatic N) is 1. The van der Waals surface area contributed by atoms with Crippen molar-refractivity contribution in [3.8, 4) is 0 Å². The van der Waals surface area contributed by atoms with Gasteiger partial charge in [-0.15, -0.1) is 0 Å². The van der Waals surface area contributed by atoms with E-state index in [9.17, 15) is 4.79 Å². The summed E-state index contributed by atoms with van der Waals surface area (Å²) in [6, 6.07) is 4.72. The number of oxime groups is 1. The van der Waals surface area contributed by atoms with E-state index in [-0.39, 0.29) is 0 Å². The molecular formula is C17H17Cl2NO2. The molecule has 0 saturated heterocycles. The van der Waals surface area contributed by atoms with Gasteiger partial charge >= 0.3 is 5.97 Å². The van der Waals surface area contributed by atoms with Crippen LogP contribution in [0.5, 0.6) is 0 Å². The third-order valence-corrected chi connectivity index (χ3v) is 6.10. The minimum atomic E-state index is -0.472. The first-order chi connectivity index (χ1) is 10.6. The van der Waals surface area contributed by atoms with Gasteiger partial charge in [0.05, 0.1) is 21.3 Å². The topological polar surface area (TPSA) is 38.7 Å². The van der Waals surface area contributed by atoms with Gasteiger partial charge in [-0.25, -0.2) is 4.79 Å². The molecule has 0 N–H and O–H groups in total. The van der Waals surface area contributed by atoms with Gasteiger partial charge in [-0.3, -0.25) is 0 Å². The van der Waals surface area contributed by atoms with Crippen LogP contribution in [0.4, 0.5) is 0 Å². The van der Waals surface area contributed by atoms with Gasteiger partial charge in [0.2, 0.25) is 0 Å². The summed E-state index contributed by atoms with van der Waals surface area (Å²) in [7, 11) is 0. The molecule has 4 aliphatic carbocycles. The van der Waals surface area contributed by atoms with Gasteiger partial charge in [0.1, 0.15) is 0 Å². The Bertz CT molecular complexity index is 626. The SMILES string of the molecule is O=C(ON=C1C2CC3CC(C2)CC1C3)c1ccc(Cl)c(Cl)c1. The lowest BCUT2D eigenvalue weighted by atomic mass is 9.55. The maximum Gasteiger partial charge on any atom is 0.365 e. The van der Waals surface area contributed by atoms with Gasteiger partial charge in [0.25, 0.3) is 0 Å². The fraction of sp³-hybridized carbons (Fsp3) is 0.529. The average Bonchev–Trinajstić information content (AvgIpc) is 2.48. The Balaban J connectivity index is 1.49. The number of halogens is 2. The van der Waals surface area contributed by atoms with Crippen LogP contribution in [0.3, 0.4) is 0 Å². The fourth-order valence-corrected chi connectivity index (χ4v) is 4.88. The van der Waals surface area contributed by atoms with Gasteiger partial charge in [-0.2, -0.15) is 0 Å². The summed E-state index contributed by atoms with van der Waals surface area (Å²) >= 11 is 11.8. The predicted octanol–water partition coefficient (Wildman–Crippen LogP) is 4.96. The highest BCUT2D eigenvalue weighted by Gasteiger charge is 2.46. The molecule has 4 aliphatic rings. The lowest BCUT2D eigenvalue weighted by Gasteiger charge is -2.49. The molecule has 4 saturated carbocycles. The molecule has 0 spiro atoms. The maximum absolute atomic E-state index is 12.1. The monoisotopic (exact) mass is 337 g/mol. The molecule has 0 atom stereocenters. The minimum Gasteiger partial charge on any atom is -0.313 e. The van der Waals surface area contributed by atoms with Crippen molar-refractivity contribution in [3.63, 3.8) is 0 Å². The van der Waals surface area contributed by atoms with Crippen molar-refractivity contribution in [2.45, 2.75) is 32.1 Å². The summed E-state index contributed by atoms with van der Waals surface area (Å²) in [6.45, 7) is 0. The second-order valence-electron chi connectivity index (χ2n) is 6.83. The Morgan fingerprint density at radius 1 is 1.00 bits per heavy atom. The average molecular weight is 338 g/mol. The van der Waals surface area contributed by atoms with Crippen molar-refractivity contribution in [2.75, 3.05) is 0 Å². The molecule has 0 radical (unpaired) electrons. The van der Waals surface area contributed by atoms with Gasteiger partial charge in [0.15, 0.2) is 0 Å². The van der Waals surface area contributed by atoms with Gasteiger partial charge in [0, 0.05) is 11.8 Å². The van der Waals surface area contributed by atoms with Crippen molar-refractivity contribution in [2.24, 2.45) is 28.8 Å². The molecule has 5 rings (SSSR count). The van der Waals surface area contributed by atoms with Crippen molar-refractivity contribution in [3.05, 3.63) is 33.8 Å². The summed E-state index contributed by atoms with van der Waals surface area (Å²) in [4.78, 5) is 17.3. The molecule has 0 aliphatic heterocycles. The van der Waals surface area contributed by atoms with Crippen LogP contribution in [0.2, 0.25) is 10.0 Å². The van der Waals surface area contributed by atoms with E-state index in [1.165, 1.54) is 38.2 Å². The first-order valence-corrected chi connectivity index (χ1v) is 8.60. The van der Waals surface area contributed by atoms with Crippen LogP contribution in [0.15, 0.2) is 23.4 Å². The molecule has 4 fully saturated rings. The van der Waals surface area contributed by atoms with E-state index in [0.29, 0.717) is 27.4 Å². The third-order valence-electron chi connectivity index (χ3n) is 5.36. The van der Waals surface area contributed by atoms with Crippen LogP contribution in [0.25, 0.3) is 0 Å². The summed E-state index contributed by atoms with van der Waals surface area (Å²) in [5.41, 5.74) is 1.49. The van der Waals surface area contributed by atoms with Gasteiger partial charge in [-0.05, 0) is 62.1 Å². The summed E-state index contributed by atoms with van der Waals surface area (Å²) in [5, 5.41) is 5.01. The fourth-order valence-electron chi connectivity index (χ4n) is 4.59. The van der Waals surface area contributed by atoms with E-state index < -0.39 is 5.97 Å². The predicted molar refractivity (Wildman–Crippen MR) is 86.4 cm³/mol. The number of benzene rings is 1. The minimum absolute atomic E-state index is 0.346. The largest absolute Gasteiger partial charge is 0.365 e. The normalized spacial score (nSPS) is 32.2. The van der Waals surface area contributed by atoms with Gasteiger partial charge in [-0.1, -0.05) is 28.4 Å². The molecule has 5 heteroatoms. The first-order valence-electron chi connectivity index (χ1n) is 7.84. The molecule has 1 aromatic rings. The zero-order chi connectivity index (χ0) is 15.3. The second kappa shape index (κ2) is 5.54. The van der Waals surface area contributed by atoms with Crippen LogP contribution in [0.1, 0.15) is 42.5 Å². The van der Waals surface area contributed by atoms with Gasteiger partial charge < -0.3 is 4.84 Å². The third kappa shape index (κ3) is 2.55. The Labute approximate surface area is 139 Å². The molecule has 1 aromatic carbocycles. The Morgan fingerprint density at radius 2 is 1.64 bits per heavy atom. The number of rotatable bonds is 2. The maximum atomic E-state index is 12.1. The molecular weight excluding hydrogens is 321 g/mol. The van der Waals surface area contributed by atoms with Crippen molar-refractivity contribution < 1.29 is 9.63 Å². The molecule has 22 heavy (non-hydrogen) atoms. The van der Waals surface area contributed by atoms with E-state index in [4.69, 9.17) is 28.0 Å². The molecule has 0 heterocycles. The molecule has 0 amide bonds. The highest BCUT2D eigenvalue weighted by Crippen LogP contribution is 2.52. The number of carbonyl (C=O) groups is 1. The zero-order valence-corrected chi connectivity index (χ0v) is 13.6. The summed E-state index contributed by atoms with van der Waals surface area (Å²) in [6.07, 6.45) is 6.27. The van der Waals surface area contributed by atoms with E-state index in [2.05, 4.69) is 5.16 Å². The molecule has 3 nitrogen and oxygen atoms in total. The van der Waals surface area contributed by atoms with Crippen LogP contribution >= 0.6 is 23.2 Å². The Hall–Kier alpha value is -1.06. The molecule has 0 aromatic heterocycles. The van der Waals surface area contributed by atoms with E-state index in [1.54, 1.807) is 12.1 Å². The van der Waals surface area contributed by atoms with E-state index in [0.717, 1.165) is 17.5 Å². The van der Waals surface area contributed by atoms with Crippen LogP contribution in [0, 0.1) is 23.7 Å². The number of carbonyl (C=O) groups excluding carboxylic acids is 1. The lowest BCUT2D eigenvalue weighted by Crippen LogP contribution is -2.45. The van der Waals surface area contributed by atoms with Crippen LogP contribution in [-0.4, -0.2) is 11.7 Å². The summed E-state index contributed by atoms with van der Waals surface area (Å²) < 4.78 is 0. The van der Waals surface area contributed by atoms with Crippen molar-refractivity contribution >= 4 is 34.9 Å². The van der Waals surface area contributed by atoms with Crippen LogP contribution in [-0.2, 0) is 4.84 Å². The Kier molecular flexibility index (Phi) is 3.66. The smallest absolute Gasteiger partial charge is 0.313 e. The quantitative estimate of drug-likeness (QED) is 0.564. The number of hydrogen-bond donors (Lipinski definition) is 0. The zero-order valence-electron chi connectivity index (χ0n) is 12.1. The Morgan fingerprint density at radius 3 is 2.23 bits per heavy atom. The lowest BCUT2D eigenvalue weighted by molar-refractivity contribution is 0.0483. The van der Waals surface area contributed by atoms with Crippen molar-refractivity contribution in [1.82, 2.24) is 0 Å². The number of hydrogen-bond acceptors (Lipinski definition) is 3. The molecule has 0 unspecified atom stereocenters. The van der Waals surface area contributed by atoms with E-state index >= 15 is 0 Å². The van der Waals surface area contributed by atoms with Crippen molar-refractivity contribution in [1.29, 1.82) is 0 Å². The molecule has 4 bridgehead atoms. The second-order valence-corrected chi connectivity index (χ2v) is 7.64. The highest BCUT2D eigenvalue weighted by atomic mass is 35.5. The standard InChI is InChI=1S/C17H17Cl2NO2/c18-14-2-1-11(8-15(14)19)17(21)22-20-16-12-4-9-3-10(6-12)7-13(16)5-9/h1-2,8-10,12-13H,3-7H2.